The molecule has 0 aromatic heterocycles. The van der Waals surface area contributed by atoms with E-state index in [9.17, 15) is 4.79 Å². The molecule has 1 atom stereocenters. The molecular weight excluding hydrogens is 240 g/mol. The Morgan fingerprint density at radius 1 is 1.50 bits per heavy atom. The average molecular weight is 253 g/mol. The number of carbonyl (C=O) groups excluding carboxylic acids is 1. The predicted molar refractivity (Wildman–Crippen MR) is 62.7 cm³/mol. The van der Waals surface area contributed by atoms with E-state index in [0.717, 1.165) is 10.9 Å². The largest absolute Gasteiger partial charge is 0.299 e. The molecule has 0 N–H and O–H groups in total. The number of hydrogen-bond acceptors (Lipinski definition) is 1. The molecule has 1 aromatic carbocycles. The number of rotatable bonds is 4. The number of ketones is 1. The van der Waals surface area contributed by atoms with Gasteiger partial charge in [-0.25, -0.2) is 0 Å². The lowest BCUT2D eigenvalue weighted by molar-refractivity contribution is -0.117. The van der Waals surface area contributed by atoms with Gasteiger partial charge in [-0.1, -0.05) is 46.3 Å². The summed E-state index contributed by atoms with van der Waals surface area (Å²) in [4.78, 5) is 11.2. The third kappa shape index (κ3) is 2.55. The van der Waals surface area contributed by atoms with Gasteiger partial charge in [-0.05, 0) is 18.1 Å². The van der Waals surface area contributed by atoms with Crippen molar-refractivity contribution in [2.75, 3.05) is 0 Å². The summed E-state index contributed by atoms with van der Waals surface area (Å²) in [5.74, 6) is -0.0361. The van der Waals surface area contributed by atoms with E-state index in [2.05, 4.69) is 22.5 Å². The van der Waals surface area contributed by atoms with Crippen LogP contribution in [0.3, 0.4) is 0 Å². The van der Waals surface area contributed by atoms with Gasteiger partial charge in [-0.2, -0.15) is 0 Å². The van der Waals surface area contributed by atoms with Crippen molar-refractivity contribution in [3.63, 3.8) is 0 Å². The van der Waals surface area contributed by atoms with Gasteiger partial charge >= 0.3 is 0 Å². The normalized spacial score (nSPS) is 12.1. The maximum Gasteiger partial charge on any atom is 0.141 e. The summed E-state index contributed by atoms with van der Waals surface area (Å²) in [6.07, 6.45) is 1.69. The highest BCUT2D eigenvalue weighted by Crippen LogP contribution is 2.19. The summed E-state index contributed by atoms with van der Waals surface area (Å²) in [5, 5.41) is 0.839. The van der Waals surface area contributed by atoms with E-state index >= 15 is 0 Å². The van der Waals surface area contributed by atoms with Crippen LogP contribution in [0.5, 0.6) is 0 Å². The van der Waals surface area contributed by atoms with Gasteiger partial charge in [0.15, 0.2) is 0 Å². The van der Waals surface area contributed by atoms with Crippen molar-refractivity contribution in [2.24, 2.45) is 0 Å². The van der Waals surface area contributed by atoms with Crippen molar-refractivity contribution in [3.05, 3.63) is 48.0 Å². The second-order valence-corrected chi connectivity index (χ2v) is 3.76. The molecule has 0 heterocycles. The van der Waals surface area contributed by atoms with Crippen LogP contribution in [0, 0.1) is 0 Å². The van der Waals surface area contributed by atoms with Gasteiger partial charge in [0.25, 0.3) is 0 Å². The highest BCUT2D eigenvalue weighted by Gasteiger charge is 2.11. The molecule has 1 nitrogen and oxygen atoms in total. The summed E-state index contributed by atoms with van der Waals surface area (Å²) in [5.41, 5.74) is 2.22. The third-order valence-electron chi connectivity index (χ3n) is 2.17. The van der Waals surface area contributed by atoms with E-state index < -0.39 is 0 Å². The molecule has 1 aromatic rings. The Bertz CT molecular complexity index is 327. The Morgan fingerprint density at radius 3 is 2.43 bits per heavy atom. The van der Waals surface area contributed by atoms with E-state index in [1.807, 2.05) is 24.3 Å². The summed E-state index contributed by atoms with van der Waals surface area (Å²) in [6, 6.07) is 7.99. The molecule has 0 aliphatic carbocycles. The molecule has 0 bridgehead atoms. The summed E-state index contributed by atoms with van der Waals surface area (Å²) in [7, 11) is 0. The molecule has 0 amide bonds. The maximum absolute atomic E-state index is 11.2. The molecule has 0 aliphatic rings. The van der Waals surface area contributed by atoms with Gasteiger partial charge in [-0.3, -0.25) is 4.79 Å². The van der Waals surface area contributed by atoms with Crippen molar-refractivity contribution in [3.8, 4) is 0 Å². The minimum atomic E-state index is -0.167. The van der Waals surface area contributed by atoms with Gasteiger partial charge in [0.1, 0.15) is 5.78 Å². The van der Waals surface area contributed by atoms with Crippen LogP contribution in [0.25, 0.3) is 0 Å². The van der Waals surface area contributed by atoms with Gasteiger partial charge in [-0.15, -0.1) is 6.58 Å². The molecule has 0 aliphatic heterocycles. The first kappa shape index (κ1) is 11.2. The molecule has 0 spiro atoms. The Morgan fingerprint density at radius 2 is 2.07 bits per heavy atom. The first-order valence-corrected chi connectivity index (χ1v) is 5.59. The van der Waals surface area contributed by atoms with Crippen LogP contribution in [0.4, 0.5) is 0 Å². The predicted octanol–water partition coefficient (Wildman–Crippen LogP) is 3.44. The van der Waals surface area contributed by atoms with Crippen LogP contribution in [0.15, 0.2) is 36.9 Å². The van der Waals surface area contributed by atoms with Crippen molar-refractivity contribution in [1.82, 2.24) is 0 Å². The molecule has 74 valence electrons. The SMILES string of the molecule is C=CC(C(C)=O)c1ccc(CBr)cc1. The third-order valence-corrected chi connectivity index (χ3v) is 2.81. The molecule has 0 radical (unpaired) electrons. The van der Waals surface area contributed by atoms with E-state index in [1.165, 1.54) is 5.56 Å². The Kier molecular flexibility index (Phi) is 4.08. The monoisotopic (exact) mass is 252 g/mol. The number of allylic oxidation sites excluding steroid dienone is 1. The number of halogens is 1. The Labute approximate surface area is 93.0 Å². The fourth-order valence-corrected chi connectivity index (χ4v) is 1.72. The quantitative estimate of drug-likeness (QED) is 0.593. The fourth-order valence-electron chi connectivity index (χ4n) is 1.35. The second-order valence-electron chi connectivity index (χ2n) is 3.20. The van der Waals surface area contributed by atoms with Gasteiger partial charge in [0, 0.05) is 5.33 Å². The minimum absolute atomic E-state index is 0.131. The van der Waals surface area contributed by atoms with Crippen LogP contribution >= 0.6 is 15.9 Å². The Balaban J connectivity index is 2.94. The molecule has 1 rings (SSSR count). The number of benzene rings is 1. The molecule has 0 saturated heterocycles. The minimum Gasteiger partial charge on any atom is -0.299 e. The lowest BCUT2D eigenvalue weighted by atomic mass is 9.95. The molecule has 0 saturated carbocycles. The zero-order chi connectivity index (χ0) is 10.6. The van der Waals surface area contributed by atoms with E-state index in [1.54, 1.807) is 13.0 Å². The summed E-state index contributed by atoms with van der Waals surface area (Å²) in [6.45, 7) is 5.26. The first-order valence-electron chi connectivity index (χ1n) is 4.47. The second kappa shape index (κ2) is 5.11. The van der Waals surface area contributed by atoms with Crippen molar-refractivity contribution >= 4 is 21.7 Å². The highest BCUT2D eigenvalue weighted by molar-refractivity contribution is 9.08. The van der Waals surface area contributed by atoms with Crippen LogP contribution in [-0.2, 0) is 10.1 Å². The van der Waals surface area contributed by atoms with Gasteiger partial charge in [0.2, 0.25) is 0 Å². The molecule has 14 heavy (non-hydrogen) atoms. The Hall–Kier alpha value is -0.890. The number of Topliss-reactive ketones (excluding diaryl/α,β-unsaturated/α-hetero) is 1. The highest BCUT2D eigenvalue weighted by atomic mass is 79.9. The summed E-state index contributed by atoms with van der Waals surface area (Å²) >= 11 is 3.38. The molecule has 2 heteroatoms. The molecule has 1 unspecified atom stereocenters. The maximum atomic E-state index is 11.2. The topological polar surface area (TPSA) is 17.1 Å². The van der Waals surface area contributed by atoms with Gasteiger partial charge < -0.3 is 0 Å². The van der Waals surface area contributed by atoms with Crippen LogP contribution in [0.2, 0.25) is 0 Å². The number of carbonyl (C=O) groups is 1. The fraction of sp³-hybridized carbons (Fsp3) is 0.250. The smallest absolute Gasteiger partial charge is 0.141 e. The van der Waals surface area contributed by atoms with Crippen molar-refractivity contribution < 1.29 is 4.79 Å². The van der Waals surface area contributed by atoms with Crippen LogP contribution < -0.4 is 0 Å². The number of hydrogen-bond donors (Lipinski definition) is 0. The van der Waals surface area contributed by atoms with Crippen LogP contribution in [0.1, 0.15) is 24.0 Å². The van der Waals surface area contributed by atoms with Crippen molar-refractivity contribution in [2.45, 2.75) is 18.2 Å². The van der Waals surface area contributed by atoms with E-state index in [4.69, 9.17) is 0 Å². The first-order chi connectivity index (χ1) is 6.69. The van der Waals surface area contributed by atoms with E-state index in [0.29, 0.717) is 0 Å². The average Bonchev–Trinajstić information content (AvgIpc) is 2.19. The van der Waals surface area contributed by atoms with Gasteiger partial charge in [0.05, 0.1) is 5.92 Å². The lowest BCUT2D eigenvalue weighted by Gasteiger charge is -2.09. The molecular formula is C12H13BrO. The number of alkyl halides is 1. The van der Waals surface area contributed by atoms with E-state index in [-0.39, 0.29) is 11.7 Å². The zero-order valence-corrected chi connectivity index (χ0v) is 9.75. The van der Waals surface area contributed by atoms with Crippen LogP contribution in [-0.4, -0.2) is 5.78 Å². The lowest BCUT2D eigenvalue weighted by Crippen LogP contribution is -2.05. The summed E-state index contributed by atoms with van der Waals surface area (Å²) < 4.78 is 0. The molecule has 0 fully saturated rings. The zero-order valence-electron chi connectivity index (χ0n) is 8.16. The standard InChI is InChI=1S/C12H13BrO/c1-3-12(9(2)14)11-6-4-10(8-13)5-7-11/h3-7,12H,1,8H2,2H3. The van der Waals surface area contributed by atoms with Crippen molar-refractivity contribution in [1.29, 1.82) is 0 Å².